The van der Waals surface area contributed by atoms with Crippen molar-refractivity contribution in [3.63, 3.8) is 0 Å². The summed E-state index contributed by atoms with van der Waals surface area (Å²) in [6, 6.07) is -8.50. The number of aliphatic hydroxyl groups excluding tert-OH is 2. The van der Waals surface area contributed by atoms with E-state index in [2.05, 4.69) is 13.8 Å². The molecule has 0 fully saturated rings. The molecule has 0 aliphatic rings. The summed E-state index contributed by atoms with van der Waals surface area (Å²) in [5.41, 5.74) is 0. The van der Waals surface area contributed by atoms with E-state index >= 15 is 0 Å². The minimum atomic E-state index is -8.11. The first-order valence-corrected chi connectivity index (χ1v) is 34.4. The van der Waals surface area contributed by atoms with E-state index in [-0.39, 0.29) is 27.3 Å². The summed E-state index contributed by atoms with van der Waals surface area (Å²) in [6.45, 7) is 10.0. The second-order valence-electron chi connectivity index (χ2n) is 19.6. The third-order valence-corrected chi connectivity index (χ3v) is 18.4. The van der Waals surface area contributed by atoms with Crippen molar-refractivity contribution in [1.29, 1.82) is 0 Å². The van der Waals surface area contributed by atoms with Crippen LogP contribution in [0.15, 0.2) is 0 Å². The summed E-state index contributed by atoms with van der Waals surface area (Å²) < 4.78 is 511. The minimum Gasteiger partial charge on any atom is -0.415 e. The maximum absolute atomic E-state index is 14.1. The fourth-order valence-corrected chi connectivity index (χ4v) is 10.8. The molecule has 0 heterocycles. The molecule has 0 aliphatic heterocycles. The van der Waals surface area contributed by atoms with Crippen LogP contribution in [0.5, 0.6) is 0 Å². The molecular formula is C43H64Cl4F38O4Si3. The van der Waals surface area contributed by atoms with Gasteiger partial charge < -0.3 is 19.1 Å². The molecule has 0 aromatic rings. The largest absolute Gasteiger partial charge is 0.460 e. The molecule has 2 N–H and O–H groups in total. The van der Waals surface area contributed by atoms with Crippen molar-refractivity contribution in [3.05, 3.63) is 0 Å². The SMILES string of the molecule is C.C.CCCCCC.C[C@H](O)[C@@H](C)O.C[C@H](O[SiH](C)CCC(F)(F)C(F)(F)C(F)(F)C(F)(F)C(F)(F)C(F)(F)F)[C@@H](C)O[SiH](C)CCC(F)(F)C(F)(F)C(F)(F)C(F)(F)C(F)(F)C(C)(F)F.Cl.FC(F)(F)C(F)(F)C(F)(F)C(F)(F)C(F)(F)C(F)(F)CC[Si](Cl)(Cl)Cl. The van der Waals surface area contributed by atoms with Gasteiger partial charge in [0.1, 0.15) is 0 Å². The fourth-order valence-electron chi connectivity index (χ4n) is 5.63. The summed E-state index contributed by atoms with van der Waals surface area (Å²) in [6.07, 6.45) is -21.3. The van der Waals surface area contributed by atoms with Gasteiger partial charge in [-0.25, -0.2) is 0 Å². The van der Waals surface area contributed by atoms with Gasteiger partial charge in [-0.15, -0.1) is 45.6 Å². The van der Waals surface area contributed by atoms with Gasteiger partial charge in [-0.2, -0.15) is 167 Å². The predicted molar refractivity (Wildman–Crippen MR) is 270 cm³/mol. The lowest BCUT2D eigenvalue weighted by Crippen LogP contribution is -2.70. The van der Waals surface area contributed by atoms with Crippen molar-refractivity contribution in [3.8, 4) is 0 Å². The van der Waals surface area contributed by atoms with E-state index in [1.54, 1.807) is 13.8 Å². The van der Waals surface area contributed by atoms with Crippen LogP contribution in [0.25, 0.3) is 0 Å². The minimum absolute atomic E-state index is 0. The summed E-state index contributed by atoms with van der Waals surface area (Å²) in [7, 11) is -6.86. The standard InChI is InChI=1S/C23H27F25O2Si2.C8H4Cl3F13Si.C6H14.C4H10O2.2CH4.ClH/c1-10(49-51(4)8-6-13(26,27)16(32,33)19(38,39)18(36,37)15(30,31)12(3,24)25)11(2)50-52(5)9-7-14(28,29)17(34,35)20(40,41)21(42,43)22(44,45)23(46,47)48;9-25(10,11)2-1-3(12,13)4(14,15)5(16,17)6(18,19)7(20,21)8(22,23)24;1-3-5-6-4-2;1-3(5)4(2)6;;;/h10-11,51-52H,6-9H2,1-5H3;1-2H2;3-6H2,1-2H3;3-6H,1-2H3;2*1H4;1H/t10-,11+,51?,52?;;;3-,4+;;;/m1....../s1. The first-order chi connectivity index (χ1) is 38.3. The zero-order chi connectivity index (χ0) is 73.4. The number of rotatable bonds is 31. The number of hydrogen-bond acceptors (Lipinski definition) is 4. The molecule has 4 nitrogen and oxygen atoms in total. The van der Waals surface area contributed by atoms with Crippen LogP contribution in [0.4, 0.5) is 167 Å². The van der Waals surface area contributed by atoms with Crippen molar-refractivity contribution in [2.24, 2.45) is 0 Å². The Hall–Kier alpha value is -1.01. The van der Waals surface area contributed by atoms with E-state index < -0.39 is 200 Å². The zero-order valence-electron chi connectivity index (χ0n) is 46.7. The molecule has 92 heavy (non-hydrogen) atoms. The average Bonchev–Trinajstić information content (AvgIpc) is 0.730. The number of halogens is 42. The Morgan fingerprint density at radius 3 is 0.728 bits per heavy atom. The molecule has 0 aromatic carbocycles. The number of unbranched alkanes of at least 4 members (excludes halogenated alkanes) is 3. The quantitative estimate of drug-likeness (QED) is 0.0314. The van der Waals surface area contributed by atoms with Crippen LogP contribution < -0.4 is 0 Å². The Balaban J connectivity index is -0.000000297. The van der Waals surface area contributed by atoms with Gasteiger partial charge in [0.15, 0.2) is 18.1 Å². The molecule has 49 heteroatoms. The second-order valence-corrected chi connectivity index (χ2v) is 33.8. The fraction of sp³-hybridized carbons (Fsp3) is 1.00. The van der Waals surface area contributed by atoms with E-state index in [9.17, 15) is 167 Å². The van der Waals surface area contributed by atoms with Gasteiger partial charge in [-0.05, 0) is 58.9 Å². The van der Waals surface area contributed by atoms with Gasteiger partial charge in [-0.3, -0.25) is 0 Å². The highest BCUT2D eigenvalue weighted by Crippen LogP contribution is 2.64. The van der Waals surface area contributed by atoms with Crippen molar-refractivity contribution in [1.82, 2.24) is 0 Å². The van der Waals surface area contributed by atoms with Crippen molar-refractivity contribution in [2.75, 3.05) is 0 Å². The average molecular weight is 1590 g/mol. The van der Waals surface area contributed by atoms with Crippen LogP contribution in [0.2, 0.25) is 31.2 Å². The molecule has 0 rings (SSSR count). The molecule has 0 amide bonds. The molecule has 0 bridgehead atoms. The van der Waals surface area contributed by atoms with Gasteiger partial charge in [0.2, 0.25) is 0 Å². The molecule has 0 spiro atoms. The lowest BCUT2D eigenvalue weighted by molar-refractivity contribution is -0.440. The summed E-state index contributed by atoms with van der Waals surface area (Å²) in [5, 5.41) is 16.8. The smallest absolute Gasteiger partial charge is 0.415 e. The summed E-state index contributed by atoms with van der Waals surface area (Å²) in [4.78, 5) is 0. The lowest BCUT2D eigenvalue weighted by atomic mass is 9.91. The van der Waals surface area contributed by atoms with Gasteiger partial charge in [0.05, 0.1) is 24.4 Å². The normalized spacial score (nSPS) is 16.7. The molecule has 0 aromatic heterocycles. The van der Waals surface area contributed by atoms with Crippen LogP contribution in [0, 0.1) is 0 Å². The first kappa shape index (κ1) is 104. The molecule has 0 saturated heterocycles. The second kappa shape index (κ2) is 34.9. The van der Waals surface area contributed by atoms with E-state index in [0.29, 0.717) is 0 Å². The Morgan fingerprint density at radius 2 is 0.554 bits per heavy atom. The number of alkyl halides is 38. The highest BCUT2D eigenvalue weighted by molar-refractivity contribution is 7.64. The molecule has 0 radical (unpaired) electrons. The van der Waals surface area contributed by atoms with Crippen LogP contribution in [-0.2, 0) is 8.85 Å². The first-order valence-electron chi connectivity index (χ1n) is 24.2. The van der Waals surface area contributed by atoms with Gasteiger partial charge in [0, 0.05) is 26.2 Å². The summed E-state index contributed by atoms with van der Waals surface area (Å²) >= 11 is 15.0. The third-order valence-electron chi connectivity index (χ3n) is 11.9. The van der Waals surface area contributed by atoms with E-state index in [0.717, 1.165) is 26.9 Å². The maximum Gasteiger partial charge on any atom is 0.460 e. The molecule has 2 unspecified atom stereocenters. The maximum atomic E-state index is 14.1. The Labute approximate surface area is 525 Å². The van der Waals surface area contributed by atoms with Crippen molar-refractivity contribution < 1.29 is 186 Å². The molecule has 6 atom stereocenters. The summed E-state index contributed by atoms with van der Waals surface area (Å²) in [5.74, 6) is -118. The van der Waals surface area contributed by atoms with Gasteiger partial charge in [-0.1, -0.05) is 54.4 Å². The van der Waals surface area contributed by atoms with Crippen molar-refractivity contribution >= 4 is 69.7 Å². The lowest BCUT2D eigenvalue weighted by Gasteiger charge is -2.41. The third kappa shape index (κ3) is 23.3. The Morgan fingerprint density at radius 1 is 0.359 bits per heavy atom. The van der Waals surface area contributed by atoms with Crippen LogP contribution >= 0.6 is 45.6 Å². The monoisotopic (exact) mass is 1590 g/mol. The van der Waals surface area contributed by atoms with Crippen LogP contribution in [0.1, 0.15) is 108 Å². The highest BCUT2D eigenvalue weighted by atomic mass is 35.8. The van der Waals surface area contributed by atoms with E-state index in [1.807, 2.05) is 0 Å². The van der Waals surface area contributed by atoms with Crippen LogP contribution in [0.3, 0.4) is 0 Å². The van der Waals surface area contributed by atoms with E-state index in [4.69, 9.17) is 52.3 Å². The highest BCUT2D eigenvalue weighted by Gasteiger charge is 2.93. The topological polar surface area (TPSA) is 58.9 Å². The zero-order valence-corrected chi connectivity index (χ0v) is 53.0. The van der Waals surface area contributed by atoms with Crippen molar-refractivity contribution in [2.45, 2.75) is 271 Å². The number of hydrogen-bond donors (Lipinski definition) is 2. The van der Waals surface area contributed by atoms with Gasteiger partial charge >= 0.3 is 113 Å². The molecular weight excluding hydrogens is 1530 g/mol. The van der Waals surface area contributed by atoms with Crippen LogP contribution in [-0.4, -0.2) is 166 Å². The number of aliphatic hydroxyl groups is 2. The molecule has 566 valence electrons. The Kier molecular flexibility index (Phi) is 39.6. The predicted octanol–water partition coefficient (Wildman–Crippen LogP) is 21.7. The molecule has 0 saturated carbocycles. The molecule has 0 aliphatic carbocycles. The van der Waals surface area contributed by atoms with Gasteiger partial charge in [0.25, 0.3) is 0 Å². The van der Waals surface area contributed by atoms with E-state index in [1.165, 1.54) is 25.7 Å². The Bertz CT molecular complexity index is 2010.